The van der Waals surface area contributed by atoms with E-state index < -0.39 is 0 Å². The van der Waals surface area contributed by atoms with Crippen LogP contribution in [0, 0.1) is 13.8 Å². The van der Waals surface area contributed by atoms with Gasteiger partial charge in [-0.1, -0.05) is 11.6 Å². The molecule has 1 aromatic carbocycles. The second-order valence-corrected chi connectivity index (χ2v) is 6.27. The highest BCUT2D eigenvalue weighted by atomic mass is 35.5. The van der Waals surface area contributed by atoms with Crippen molar-refractivity contribution in [3.05, 3.63) is 50.2 Å². The third-order valence-electron chi connectivity index (χ3n) is 2.95. The van der Waals surface area contributed by atoms with Crippen LogP contribution in [0.4, 0.5) is 0 Å². The standard InChI is InChI=1S/C15H18ClNOS/c1-10-6-13(4-5-15(10)16)18-9-12-7-14(8-17-3)19-11(12)2/h4-7,17H,8-9H2,1-3H3. The van der Waals surface area contributed by atoms with E-state index in [1.165, 1.54) is 15.3 Å². The summed E-state index contributed by atoms with van der Waals surface area (Å²) in [5, 5.41) is 3.94. The zero-order chi connectivity index (χ0) is 13.8. The van der Waals surface area contributed by atoms with E-state index >= 15 is 0 Å². The summed E-state index contributed by atoms with van der Waals surface area (Å²) in [6.07, 6.45) is 0. The van der Waals surface area contributed by atoms with Crippen LogP contribution in [0.15, 0.2) is 24.3 Å². The van der Waals surface area contributed by atoms with Crippen LogP contribution in [-0.4, -0.2) is 7.05 Å². The van der Waals surface area contributed by atoms with Crippen molar-refractivity contribution in [2.45, 2.75) is 27.0 Å². The molecule has 0 aliphatic carbocycles. The van der Waals surface area contributed by atoms with E-state index in [1.807, 2.05) is 43.5 Å². The number of thiophene rings is 1. The molecule has 0 saturated heterocycles. The summed E-state index contributed by atoms with van der Waals surface area (Å²) in [7, 11) is 1.96. The van der Waals surface area contributed by atoms with Crippen LogP contribution >= 0.6 is 22.9 Å². The Hall–Kier alpha value is -1.03. The predicted molar refractivity (Wildman–Crippen MR) is 82.3 cm³/mol. The third kappa shape index (κ3) is 3.72. The molecule has 0 aliphatic rings. The number of ether oxygens (including phenoxy) is 1. The molecule has 0 bridgehead atoms. The Morgan fingerprint density at radius 2 is 2.05 bits per heavy atom. The lowest BCUT2D eigenvalue weighted by molar-refractivity contribution is 0.306. The summed E-state index contributed by atoms with van der Waals surface area (Å²) in [6, 6.07) is 7.96. The zero-order valence-electron chi connectivity index (χ0n) is 11.4. The Kier molecular flexibility index (Phi) is 4.86. The highest BCUT2D eigenvalue weighted by molar-refractivity contribution is 7.12. The molecule has 0 fully saturated rings. The SMILES string of the molecule is CNCc1cc(COc2ccc(Cl)c(C)c2)c(C)s1. The molecule has 1 aromatic heterocycles. The van der Waals surface area contributed by atoms with Crippen LogP contribution in [0.2, 0.25) is 5.02 Å². The number of rotatable bonds is 5. The molecular formula is C15H18ClNOS. The maximum Gasteiger partial charge on any atom is 0.120 e. The number of aryl methyl sites for hydroxylation is 2. The third-order valence-corrected chi connectivity index (χ3v) is 4.46. The van der Waals surface area contributed by atoms with Crippen LogP contribution in [-0.2, 0) is 13.2 Å². The van der Waals surface area contributed by atoms with Crippen molar-refractivity contribution in [2.75, 3.05) is 7.05 Å². The molecule has 0 amide bonds. The van der Waals surface area contributed by atoms with Crippen molar-refractivity contribution in [1.82, 2.24) is 5.32 Å². The lowest BCUT2D eigenvalue weighted by Gasteiger charge is -2.07. The van der Waals surface area contributed by atoms with E-state index in [9.17, 15) is 0 Å². The molecule has 2 nitrogen and oxygen atoms in total. The van der Waals surface area contributed by atoms with Gasteiger partial charge in [-0.15, -0.1) is 11.3 Å². The highest BCUT2D eigenvalue weighted by Crippen LogP contribution is 2.25. The van der Waals surface area contributed by atoms with Gasteiger partial charge < -0.3 is 10.1 Å². The zero-order valence-corrected chi connectivity index (χ0v) is 13.0. The van der Waals surface area contributed by atoms with E-state index in [-0.39, 0.29) is 0 Å². The van der Waals surface area contributed by atoms with E-state index in [1.54, 1.807) is 0 Å². The van der Waals surface area contributed by atoms with Gasteiger partial charge in [0.05, 0.1) is 0 Å². The fourth-order valence-electron chi connectivity index (χ4n) is 1.86. The molecule has 4 heteroatoms. The van der Waals surface area contributed by atoms with Gasteiger partial charge in [0, 0.05) is 26.9 Å². The topological polar surface area (TPSA) is 21.3 Å². The van der Waals surface area contributed by atoms with E-state index in [4.69, 9.17) is 16.3 Å². The van der Waals surface area contributed by atoms with Gasteiger partial charge in [-0.25, -0.2) is 0 Å². The van der Waals surface area contributed by atoms with Gasteiger partial charge in [0.2, 0.25) is 0 Å². The predicted octanol–water partition coefficient (Wildman–Crippen LogP) is 4.32. The van der Waals surface area contributed by atoms with Gasteiger partial charge in [-0.2, -0.15) is 0 Å². The smallest absolute Gasteiger partial charge is 0.120 e. The molecule has 0 spiro atoms. The Morgan fingerprint density at radius 3 is 2.74 bits per heavy atom. The molecular weight excluding hydrogens is 278 g/mol. The first-order valence-corrected chi connectivity index (χ1v) is 7.41. The first-order valence-electron chi connectivity index (χ1n) is 6.22. The van der Waals surface area contributed by atoms with Crippen LogP contribution in [0.3, 0.4) is 0 Å². The molecule has 1 N–H and O–H groups in total. The Balaban J connectivity index is 2.03. The van der Waals surface area contributed by atoms with Crippen molar-refractivity contribution < 1.29 is 4.74 Å². The van der Waals surface area contributed by atoms with E-state index in [0.29, 0.717) is 6.61 Å². The van der Waals surface area contributed by atoms with E-state index in [2.05, 4.69) is 18.3 Å². The van der Waals surface area contributed by atoms with Crippen molar-refractivity contribution in [2.24, 2.45) is 0 Å². The Bertz CT molecular complexity index is 565. The maximum absolute atomic E-state index is 6.00. The van der Waals surface area contributed by atoms with Gasteiger partial charge in [0.15, 0.2) is 0 Å². The Morgan fingerprint density at radius 1 is 1.26 bits per heavy atom. The normalized spacial score (nSPS) is 10.7. The molecule has 0 radical (unpaired) electrons. The summed E-state index contributed by atoms with van der Waals surface area (Å²) >= 11 is 7.82. The lowest BCUT2D eigenvalue weighted by Crippen LogP contribution is -2.02. The number of hydrogen-bond donors (Lipinski definition) is 1. The average molecular weight is 296 g/mol. The number of hydrogen-bond acceptors (Lipinski definition) is 3. The van der Waals surface area contributed by atoms with Crippen molar-refractivity contribution in [3.8, 4) is 5.75 Å². The summed E-state index contributed by atoms with van der Waals surface area (Å²) in [6.45, 7) is 5.63. The molecule has 0 unspecified atom stereocenters. The van der Waals surface area contributed by atoms with Gasteiger partial charge in [-0.05, 0) is 50.7 Å². The minimum Gasteiger partial charge on any atom is -0.489 e. The second kappa shape index (κ2) is 6.42. The van der Waals surface area contributed by atoms with Gasteiger partial charge in [0.1, 0.15) is 12.4 Å². The second-order valence-electron chi connectivity index (χ2n) is 4.52. The number of benzene rings is 1. The summed E-state index contributed by atoms with van der Waals surface area (Å²) in [4.78, 5) is 2.65. The van der Waals surface area contributed by atoms with Crippen molar-refractivity contribution in [3.63, 3.8) is 0 Å². The molecule has 2 rings (SSSR count). The molecule has 0 atom stereocenters. The van der Waals surface area contributed by atoms with Crippen molar-refractivity contribution in [1.29, 1.82) is 0 Å². The molecule has 2 aromatic rings. The fourth-order valence-corrected chi connectivity index (χ4v) is 3.04. The fraction of sp³-hybridized carbons (Fsp3) is 0.333. The highest BCUT2D eigenvalue weighted by Gasteiger charge is 2.06. The first kappa shape index (κ1) is 14.4. The van der Waals surface area contributed by atoms with Crippen LogP contribution < -0.4 is 10.1 Å². The van der Waals surface area contributed by atoms with E-state index in [0.717, 1.165) is 22.9 Å². The molecule has 102 valence electrons. The van der Waals surface area contributed by atoms with Gasteiger partial charge in [0.25, 0.3) is 0 Å². The molecule has 0 saturated carbocycles. The largest absolute Gasteiger partial charge is 0.489 e. The molecule has 1 heterocycles. The number of halogens is 1. The average Bonchev–Trinajstić information content (AvgIpc) is 2.72. The monoisotopic (exact) mass is 295 g/mol. The first-order chi connectivity index (χ1) is 9.10. The quantitative estimate of drug-likeness (QED) is 0.887. The summed E-state index contributed by atoms with van der Waals surface area (Å²) < 4.78 is 5.83. The minimum atomic E-state index is 0.604. The molecule has 0 aliphatic heterocycles. The van der Waals surface area contributed by atoms with Gasteiger partial charge >= 0.3 is 0 Å². The maximum atomic E-state index is 6.00. The molecule has 19 heavy (non-hydrogen) atoms. The minimum absolute atomic E-state index is 0.604. The summed E-state index contributed by atoms with van der Waals surface area (Å²) in [5.41, 5.74) is 2.29. The van der Waals surface area contributed by atoms with Gasteiger partial charge in [-0.3, -0.25) is 0 Å². The van der Waals surface area contributed by atoms with Crippen molar-refractivity contribution >= 4 is 22.9 Å². The lowest BCUT2D eigenvalue weighted by atomic mass is 10.2. The summed E-state index contributed by atoms with van der Waals surface area (Å²) in [5.74, 6) is 0.864. The number of nitrogens with one attached hydrogen (secondary N) is 1. The Labute approximate surface area is 123 Å². The van der Waals surface area contributed by atoms with Crippen LogP contribution in [0.25, 0.3) is 0 Å². The van der Waals surface area contributed by atoms with Crippen LogP contribution in [0.5, 0.6) is 5.75 Å². The van der Waals surface area contributed by atoms with Crippen LogP contribution in [0.1, 0.15) is 20.9 Å².